The van der Waals surface area contributed by atoms with Gasteiger partial charge in [-0.25, -0.2) is 0 Å². The average molecular weight is 366 g/mol. The highest BCUT2D eigenvalue weighted by Crippen LogP contribution is 2.29. The zero-order chi connectivity index (χ0) is 19.2. The molecule has 0 heterocycles. The van der Waals surface area contributed by atoms with Crippen molar-refractivity contribution in [3.63, 3.8) is 0 Å². The maximum atomic E-state index is 12.5. The van der Waals surface area contributed by atoms with Crippen molar-refractivity contribution < 1.29 is 27.5 Å². The van der Waals surface area contributed by atoms with Gasteiger partial charge in [-0.3, -0.25) is 9.59 Å². The van der Waals surface area contributed by atoms with E-state index in [1.54, 1.807) is 24.3 Å². The Morgan fingerprint density at radius 2 is 1.69 bits per heavy atom. The number of carbonyl (C=O) groups excluding carboxylic acids is 2. The first-order chi connectivity index (χ1) is 12.3. The minimum Gasteiger partial charge on any atom is -0.492 e. The van der Waals surface area contributed by atoms with Gasteiger partial charge in [0.1, 0.15) is 5.75 Å². The molecule has 0 saturated carbocycles. The van der Waals surface area contributed by atoms with E-state index in [1.165, 1.54) is 0 Å². The zero-order valence-corrected chi connectivity index (χ0v) is 13.9. The van der Waals surface area contributed by atoms with Gasteiger partial charge in [0.15, 0.2) is 0 Å². The van der Waals surface area contributed by atoms with Crippen LogP contribution < -0.4 is 15.4 Å². The van der Waals surface area contributed by atoms with Crippen molar-refractivity contribution >= 4 is 17.5 Å². The van der Waals surface area contributed by atoms with E-state index in [9.17, 15) is 22.8 Å². The van der Waals surface area contributed by atoms with Crippen LogP contribution in [-0.2, 0) is 11.0 Å². The molecule has 0 aromatic heterocycles. The molecule has 0 aliphatic carbocycles. The summed E-state index contributed by atoms with van der Waals surface area (Å²) in [6.45, 7) is 1.90. The van der Waals surface area contributed by atoms with Gasteiger partial charge in [-0.1, -0.05) is 12.1 Å². The van der Waals surface area contributed by atoms with Crippen LogP contribution in [0.4, 0.5) is 18.9 Å². The van der Waals surface area contributed by atoms with Crippen LogP contribution in [-0.4, -0.2) is 25.0 Å². The lowest BCUT2D eigenvalue weighted by Gasteiger charge is -2.12. The summed E-state index contributed by atoms with van der Waals surface area (Å²) in [5.74, 6) is -0.637. The fraction of sp³-hybridized carbons (Fsp3) is 0.222. The Hall–Kier alpha value is -3.03. The number of para-hydroxylation sites is 2. The van der Waals surface area contributed by atoms with E-state index in [-0.39, 0.29) is 12.1 Å². The van der Waals surface area contributed by atoms with E-state index in [1.807, 2.05) is 6.92 Å². The predicted molar refractivity (Wildman–Crippen MR) is 90.0 cm³/mol. The number of carbonyl (C=O) groups is 2. The third-order valence-electron chi connectivity index (χ3n) is 3.34. The summed E-state index contributed by atoms with van der Waals surface area (Å²) in [5.41, 5.74) is -0.358. The molecule has 5 nitrogen and oxygen atoms in total. The SMILES string of the molecule is CCOc1ccccc1NC(=O)CNC(=O)c1ccc(C(F)(F)F)cc1. The number of halogens is 3. The fourth-order valence-electron chi connectivity index (χ4n) is 2.12. The van der Waals surface area contributed by atoms with Gasteiger partial charge >= 0.3 is 6.18 Å². The van der Waals surface area contributed by atoms with Crippen LogP contribution in [0.1, 0.15) is 22.8 Å². The highest BCUT2D eigenvalue weighted by molar-refractivity contribution is 5.99. The van der Waals surface area contributed by atoms with Crippen molar-refractivity contribution in [1.29, 1.82) is 0 Å². The Bertz CT molecular complexity index is 774. The molecule has 0 unspecified atom stereocenters. The average Bonchev–Trinajstić information content (AvgIpc) is 2.61. The summed E-state index contributed by atoms with van der Waals surface area (Å²) in [5, 5.41) is 4.96. The van der Waals surface area contributed by atoms with Crippen molar-refractivity contribution in [3.8, 4) is 5.75 Å². The third-order valence-corrected chi connectivity index (χ3v) is 3.34. The van der Waals surface area contributed by atoms with Crippen LogP contribution >= 0.6 is 0 Å². The van der Waals surface area contributed by atoms with Crippen LogP contribution in [0.25, 0.3) is 0 Å². The molecule has 0 atom stereocenters. The van der Waals surface area contributed by atoms with Gasteiger partial charge < -0.3 is 15.4 Å². The second-order valence-electron chi connectivity index (χ2n) is 5.24. The maximum absolute atomic E-state index is 12.5. The van der Waals surface area contributed by atoms with E-state index in [2.05, 4.69) is 10.6 Å². The van der Waals surface area contributed by atoms with Crippen LogP contribution in [0.3, 0.4) is 0 Å². The summed E-state index contributed by atoms with van der Waals surface area (Å²) in [7, 11) is 0. The number of alkyl halides is 3. The number of benzene rings is 2. The standard InChI is InChI=1S/C18H17F3N2O3/c1-2-26-15-6-4-3-5-14(15)23-16(24)11-22-17(25)12-7-9-13(10-8-12)18(19,20)21/h3-10H,2,11H2,1H3,(H,22,25)(H,23,24). The van der Waals surface area contributed by atoms with Gasteiger partial charge in [-0.2, -0.15) is 13.2 Å². The molecule has 0 saturated heterocycles. The number of hydrogen-bond donors (Lipinski definition) is 2. The van der Waals surface area contributed by atoms with E-state index in [0.717, 1.165) is 24.3 Å². The molecule has 0 aliphatic heterocycles. The minimum absolute atomic E-state index is 0.0283. The topological polar surface area (TPSA) is 67.4 Å². The number of anilines is 1. The van der Waals surface area contributed by atoms with Gasteiger partial charge in [0, 0.05) is 5.56 Å². The summed E-state index contributed by atoms with van der Waals surface area (Å²) < 4.78 is 42.9. The second kappa shape index (κ2) is 8.37. The molecule has 26 heavy (non-hydrogen) atoms. The normalized spacial score (nSPS) is 10.9. The lowest BCUT2D eigenvalue weighted by Crippen LogP contribution is -2.33. The van der Waals surface area contributed by atoms with Gasteiger partial charge in [-0.15, -0.1) is 0 Å². The molecule has 0 fully saturated rings. The first-order valence-corrected chi connectivity index (χ1v) is 7.78. The van der Waals surface area contributed by atoms with Gasteiger partial charge in [0.25, 0.3) is 5.91 Å². The highest BCUT2D eigenvalue weighted by atomic mass is 19.4. The number of nitrogens with one attached hydrogen (secondary N) is 2. The number of rotatable bonds is 6. The Balaban J connectivity index is 1.92. The molecular formula is C18H17F3N2O3. The van der Waals surface area contributed by atoms with Crippen molar-refractivity contribution in [2.24, 2.45) is 0 Å². The number of hydrogen-bond acceptors (Lipinski definition) is 3. The second-order valence-corrected chi connectivity index (χ2v) is 5.24. The minimum atomic E-state index is -4.47. The first-order valence-electron chi connectivity index (χ1n) is 7.78. The smallest absolute Gasteiger partial charge is 0.416 e. The molecule has 0 radical (unpaired) electrons. The Morgan fingerprint density at radius 1 is 1.04 bits per heavy atom. The largest absolute Gasteiger partial charge is 0.492 e. The molecule has 2 amide bonds. The maximum Gasteiger partial charge on any atom is 0.416 e. The molecule has 0 bridgehead atoms. The van der Waals surface area contributed by atoms with E-state index in [4.69, 9.17) is 4.74 Å². The first kappa shape index (κ1) is 19.3. The van der Waals surface area contributed by atoms with E-state index < -0.39 is 23.6 Å². The van der Waals surface area contributed by atoms with Crippen LogP contribution in [0.5, 0.6) is 5.75 Å². The molecule has 2 aromatic rings. The lowest BCUT2D eigenvalue weighted by molar-refractivity contribution is -0.137. The quantitative estimate of drug-likeness (QED) is 0.823. The molecule has 2 N–H and O–H groups in total. The lowest BCUT2D eigenvalue weighted by atomic mass is 10.1. The summed E-state index contributed by atoms with van der Waals surface area (Å²) in [6.07, 6.45) is -4.47. The van der Waals surface area contributed by atoms with Crippen molar-refractivity contribution in [1.82, 2.24) is 5.32 Å². The monoisotopic (exact) mass is 366 g/mol. The molecule has 2 rings (SSSR count). The summed E-state index contributed by atoms with van der Waals surface area (Å²) in [4.78, 5) is 23.9. The fourth-order valence-corrected chi connectivity index (χ4v) is 2.12. The molecule has 2 aromatic carbocycles. The Labute approximate surface area is 148 Å². The molecule has 8 heteroatoms. The molecule has 0 spiro atoms. The summed E-state index contributed by atoms with van der Waals surface area (Å²) >= 11 is 0. The van der Waals surface area contributed by atoms with Crippen molar-refractivity contribution in [2.75, 3.05) is 18.5 Å². The number of amides is 2. The van der Waals surface area contributed by atoms with Gasteiger partial charge in [-0.05, 0) is 43.3 Å². The van der Waals surface area contributed by atoms with Crippen molar-refractivity contribution in [3.05, 3.63) is 59.7 Å². The third kappa shape index (κ3) is 5.23. The summed E-state index contributed by atoms with van der Waals surface area (Å²) in [6, 6.07) is 10.6. The van der Waals surface area contributed by atoms with Crippen molar-refractivity contribution in [2.45, 2.75) is 13.1 Å². The van der Waals surface area contributed by atoms with E-state index >= 15 is 0 Å². The van der Waals surface area contributed by atoms with Gasteiger partial charge in [0.05, 0.1) is 24.4 Å². The molecule has 0 aliphatic rings. The van der Waals surface area contributed by atoms with E-state index in [0.29, 0.717) is 18.0 Å². The molecule has 138 valence electrons. The predicted octanol–water partition coefficient (Wildman–Crippen LogP) is 3.47. The van der Waals surface area contributed by atoms with Crippen LogP contribution in [0, 0.1) is 0 Å². The Morgan fingerprint density at radius 3 is 2.31 bits per heavy atom. The van der Waals surface area contributed by atoms with Crippen LogP contribution in [0.2, 0.25) is 0 Å². The zero-order valence-electron chi connectivity index (χ0n) is 13.9. The Kier molecular flexibility index (Phi) is 6.21. The molecular weight excluding hydrogens is 349 g/mol. The van der Waals surface area contributed by atoms with Crippen LogP contribution in [0.15, 0.2) is 48.5 Å². The highest BCUT2D eigenvalue weighted by Gasteiger charge is 2.30. The van der Waals surface area contributed by atoms with Gasteiger partial charge in [0.2, 0.25) is 5.91 Å². The number of ether oxygens (including phenoxy) is 1.